The second-order valence-corrected chi connectivity index (χ2v) is 9.09. The van der Waals surface area contributed by atoms with Crippen LogP contribution in [-0.2, 0) is 14.8 Å². The lowest BCUT2D eigenvalue weighted by atomic mass is 9.74. The van der Waals surface area contributed by atoms with Crippen LogP contribution in [0.3, 0.4) is 0 Å². The summed E-state index contributed by atoms with van der Waals surface area (Å²) >= 11 is 0. The molecular weight excluding hydrogens is 356 g/mol. The topological polar surface area (TPSA) is 104 Å². The molecule has 1 aromatic rings. The maximum absolute atomic E-state index is 12.6. The maximum atomic E-state index is 12.6. The Morgan fingerprint density at radius 2 is 1.65 bits per heavy atom. The van der Waals surface area contributed by atoms with Crippen LogP contribution in [0.5, 0.6) is 0 Å². The Balaban J connectivity index is 1.71. The van der Waals surface area contributed by atoms with Gasteiger partial charge in [-0.15, -0.1) is 0 Å². The van der Waals surface area contributed by atoms with E-state index >= 15 is 0 Å². The van der Waals surface area contributed by atoms with Crippen LogP contribution in [0.25, 0.3) is 0 Å². The summed E-state index contributed by atoms with van der Waals surface area (Å²) in [5.41, 5.74) is -0.346. The zero-order valence-electron chi connectivity index (χ0n) is 14.6. The van der Waals surface area contributed by atoms with E-state index in [1.807, 2.05) is 0 Å². The predicted molar refractivity (Wildman–Crippen MR) is 95.4 cm³/mol. The van der Waals surface area contributed by atoms with Gasteiger partial charge in [0, 0.05) is 18.7 Å². The second kappa shape index (κ2) is 7.36. The van der Waals surface area contributed by atoms with Crippen LogP contribution in [-0.4, -0.2) is 48.3 Å². The molecule has 2 N–H and O–H groups in total. The number of amides is 1. The van der Waals surface area contributed by atoms with Crippen molar-refractivity contribution >= 4 is 21.9 Å². The minimum Gasteiger partial charge on any atom is -0.481 e. The van der Waals surface area contributed by atoms with Crippen molar-refractivity contribution < 1.29 is 23.1 Å². The first-order valence-electron chi connectivity index (χ1n) is 8.97. The molecule has 0 bridgehead atoms. The molecule has 7 nitrogen and oxygen atoms in total. The fourth-order valence-corrected chi connectivity index (χ4v) is 5.10. The highest BCUT2D eigenvalue weighted by Gasteiger charge is 2.40. The van der Waals surface area contributed by atoms with E-state index in [9.17, 15) is 18.0 Å². The Kier molecular flexibility index (Phi) is 5.34. The van der Waals surface area contributed by atoms with Crippen molar-refractivity contribution in [2.24, 2.45) is 0 Å². The first kappa shape index (κ1) is 18.8. The third-order valence-corrected chi connectivity index (χ3v) is 7.16. The average Bonchev–Trinajstić information content (AvgIpc) is 2.60. The number of benzene rings is 1. The molecule has 0 radical (unpaired) electrons. The molecular formula is C18H24N2O5S. The van der Waals surface area contributed by atoms with Gasteiger partial charge < -0.3 is 10.4 Å². The summed E-state index contributed by atoms with van der Waals surface area (Å²) in [6.45, 7) is 1.06. The molecule has 1 aromatic carbocycles. The Hall–Kier alpha value is -1.93. The number of nitrogens with one attached hydrogen (secondary N) is 1. The van der Waals surface area contributed by atoms with Crippen molar-refractivity contribution in [3.63, 3.8) is 0 Å². The van der Waals surface area contributed by atoms with Crippen LogP contribution in [0, 0.1) is 0 Å². The molecule has 1 amide bonds. The Bertz CT molecular complexity index is 778. The number of hydrogen-bond acceptors (Lipinski definition) is 4. The van der Waals surface area contributed by atoms with Gasteiger partial charge in [0.2, 0.25) is 10.0 Å². The summed E-state index contributed by atoms with van der Waals surface area (Å²) in [6.07, 6.45) is 4.86. The van der Waals surface area contributed by atoms with Crippen LogP contribution >= 0.6 is 0 Å². The van der Waals surface area contributed by atoms with Crippen molar-refractivity contribution in [3.8, 4) is 0 Å². The number of carboxylic acids is 1. The third-order valence-electron chi connectivity index (χ3n) is 5.25. The molecule has 1 saturated carbocycles. The van der Waals surface area contributed by atoms with E-state index in [0.29, 0.717) is 31.5 Å². The van der Waals surface area contributed by atoms with Crippen LogP contribution in [0.15, 0.2) is 29.2 Å². The number of aliphatic carboxylic acids is 1. The second-order valence-electron chi connectivity index (χ2n) is 7.15. The van der Waals surface area contributed by atoms with Gasteiger partial charge >= 0.3 is 5.97 Å². The molecule has 1 aliphatic heterocycles. The summed E-state index contributed by atoms with van der Waals surface area (Å²) in [5.74, 6) is -1.30. The van der Waals surface area contributed by atoms with Gasteiger partial charge in [-0.05, 0) is 56.4 Å². The van der Waals surface area contributed by atoms with Crippen LogP contribution in [0.1, 0.15) is 55.3 Å². The highest BCUT2D eigenvalue weighted by molar-refractivity contribution is 7.89. The van der Waals surface area contributed by atoms with E-state index in [0.717, 1.165) is 25.7 Å². The Morgan fingerprint density at radius 1 is 1.04 bits per heavy atom. The number of nitrogens with zero attached hydrogens (tertiary/aromatic N) is 1. The average molecular weight is 380 g/mol. The molecule has 1 saturated heterocycles. The summed E-state index contributed by atoms with van der Waals surface area (Å²) in [4.78, 5) is 23.6. The highest BCUT2D eigenvalue weighted by atomic mass is 32.2. The number of carboxylic acid groups (broad SMARTS) is 1. The van der Waals surface area contributed by atoms with Gasteiger partial charge in [0.1, 0.15) is 0 Å². The SMILES string of the molecule is O=C(O)CC1(NC(=O)c2ccc(S(=O)(=O)N3CCCCC3)cc2)CCC1. The number of carbonyl (C=O) groups excluding carboxylic acids is 1. The van der Waals surface area contributed by atoms with Gasteiger partial charge in [-0.2, -0.15) is 4.31 Å². The number of carbonyl (C=O) groups is 2. The smallest absolute Gasteiger partial charge is 0.305 e. The first-order valence-corrected chi connectivity index (χ1v) is 10.4. The van der Waals surface area contributed by atoms with Gasteiger partial charge in [0.05, 0.1) is 16.9 Å². The third kappa shape index (κ3) is 3.91. The van der Waals surface area contributed by atoms with Crippen molar-refractivity contribution in [1.82, 2.24) is 9.62 Å². The molecule has 2 aliphatic rings. The molecule has 0 unspecified atom stereocenters. The standard InChI is InChI=1S/C18H24N2O5S/c21-16(22)13-18(9-4-10-18)19-17(23)14-5-7-15(8-6-14)26(24,25)20-11-2-1-3-12-20/h5-8H,1-4,9-13H2,(H,19,23)(H,21,22). The summed E-state index contributed by atoms with van der Waals surface area (Å²) in [6, 6.07) is 5.87. The summed E-state index contributed by atoms with van der Waals surface area (Å²) in [5, 5.41) is 11.8. The molecule has 3 rings (SSSR count). The number of piperidine rings is 1. The van der Waals surface area contributed by atoms with Gasteiger partial charge in [-0.3, -0.25) is 9.59 Å². The van der Waals surface area contributed by atoms with Gasteiger partial charge in [-0.1, -0.05) is 6.42 Å². The van der Waals surface area contributed by atoms with Crippen LogP contribution in [0.4, 0.5) is 0 Å². The normalized spacial score (nSPS) is 20.2. The predicted octanol–water partition coefficient (Wildman–Crippen LogP) is 1.99. The van der Waals surface area contributed by atoms with Crippen molar-refractivity contribution in [1.29, 1.82) is 0 Å². The number of hydrogen-bond donors (Lipinski definition) is 2. The van der Waals surface area contributed by atoms with Gasteiger partial charge in [0.25, 0.3) is 5.91 Å². The molecule has 142 valence electrons. The van der Waals surface area contributed by atoms with E-state index in [-0.39, 0.29) is 17.2 Å². The fraction of sp³-hybridized carbons (Fsp3) is 0.556. The van der Waals surface area contributed by atoms with Crippen molar-refractivity contribution in [2.75, 3.05) is 13.1 Å². The summed E-state index contributed by atoms with van der Waals surface area (Å²) in [7, 11) is -3.53. The fourth-order valence-electron chi connectivity index (χ4n) is 3.58. The molecule has 1 aliphatic carbocycles. The largest absolute Gasteiger partial charge is 0.481 e. The molecule has 26 heavy (non-hydrogen) atoms. The van der Waals surface area contributed by atoms with E-state index in [2.05, 4.69) is 5.32 Å². The molecule has 0 atom stereocenters. The molecule has 0 aromatic heterocycles. The summed E-state index contributed by atoms with van der Waals surface area (Å²) < 4.78 is 26.8. The zero-order valence-corrected chi connectivity index (χ0v) is 15.4. The zero-order chi connectivity index (χ0) is 18.8. The van der Waals surface area contributed by atoms with E-state index < -0.39 is 21.5 Å². The van der Waals surface area contributed by atoms with E-state index in [1.54, 1.807) is 0 Å². The lowest BCUT2D eigenvalue weighted by molar-refractivity contribution is -0.139. The lowest BCUT2D eigenvalue weighted by Crippen LogP contribution is -2.54. The maximum Gasteiger partial charge on any atom is 0.305 e. The lowest BCUT2D eigenvalue weighted by Gasteiger charge is -2.41. The molecule has 1 heterocycles. The molecule has 0 spiro atoms. The Labute approximate surface area is 153 Å². The molecule has 2 fully saturated rings. The van der Waals surface area contributed by atoms with Gasteiger partial charge in [-0.25, -0.2) is 8.42 Å². The van der Waals surface area contributed by atoms with E-state index in [4.69, 9.17) is 5.11 Å². The first-order chi connectivity index (χ1) is 12.3. The minimum atomic E-state index is -3.53. The quantitative estimate of drug-likeness (QED) is 0.785. The van der Waals surface area contributed by atoms with Crippen molar-refractivity contribution in [2.45, 2.75) is 55.4 Å². The Morgan fingerprint density at radius 3 is 2.15 bits per heavy atom. The monoisotopic (exact) mass is 380 g/mol. The number of rotatable bonds is 6. The van der Waals surface area contributed by atoms with Crippen LogP contribution in [0.2, 0.25) is 0 Å². The molecule has 8 heteroatoms. The van der Waals surface area contributed by atoms with E-state index in [1.165, 1.54) is 28.6 Å². The minimum absolute atomic E-state index is 0.0971. The van der Waals surface area contributed by atoms with Gasteiger partial charge in [0.15, 0.2) is 0 Å². The van der Waals surface area contributed by atoms with Crippen molar-refractivity contribution in [3.05, 3.63) is 29.8 Å². The van der Waals surface area contributed by atoms with Crippen LogP contribution < -0.4 is 5.32 Å². The highest BCUT2D eigenvalue weighted by Crippen LogP contribution is 2.35. The number of sulfonamides is 1.